The molecule has 2 heterocycles. The Morgan fingerprint density at radius 2 is 1.94 bits per heavy atom. The largest absolute Gasteiger partial charge is 0.443 e. The van der Waals surface area contributed by atoms with Crippen molar-refractivity contribution >= 4 is 33.0 Å². The summed E-state index contributed by atoms with van der Waals surface area (Å²) in [5.74, 6) is -0.333. The summed E-state index contributed by atoms with van der Waals surface area (Å²) in [7, 11) is -3.81. The van der Waals surface area contributed by atoms with Crippen molar-refractivity contribution in [2.45, 2.75) is 39.5 Å². The average molecular weight is 516 g/mol. The van der Waals surface area contributed by atoms with Crippen molar-refractivity contribution < 1.29 is 32.0 Å². The van der Waals surface area contributed by atoms with Gasteiger partial charge in [-0.15, -0.1) is 0 Å². The first-order valence-corrected chi connectivity index (χ1v) is 13.2. The smallest absolute Gasteiger partial charge is 0.419 e. The molecule has 192 valence electrons. The molecule has 1 aliphatic rings. The van der Waals surface area contributed by atoms with Crippen LogP contribution in [0.2, 0.25) is 0 Å². The number of nitrogens with zero attached hydrogens (tertiary/aromatic N) is 1. The predicted octanol–water partition coefficient (Wildman–Crippen LogP) is 2.76. The van der Waals surface area contributed by atoms with E-state index >= 15 is 0 Å². The molecule has 0 bridgehead atoms. The summed E-state index contributed by atoms with van der Waals surface area (Å²) >= 11 is 0. The molecular formula is C25H29N3O7S. The summed E-state index contributed by atoms with van der Waals surface area (Å²) in [5.41, 5.74) is 2.30. The first-order valence-electron chi connectivity index (χ1n) is 11.4. The molecule has 0 atom stereocenters. The average Bonchev–Trinajstić information content (AvgIpc) is 3.33. The molecular weight excluding hydrogens is 486 g/mol. The van der Waals surface area contributed by atoms with Crippen LogP contribution < -0.4 is 14.8 Å². The molecule has 0 fully saturated rings. The van der Waals surface area contributed by atoms with Gasteiger partial charge >= 0.3 is 16.2 Å². The lowest BCUT2D eigenvalue weighted by Crippen LogP contribution is -2.27. The Bertz CT molecular complexity index is 1450. The monoisotopic (exact) mass is 515 g/mol. The normalized spacial score (nSPS) is 13.5. The number of amides is 1. The van der Waals surface area contributed by atoms with Gasteiger partial charge in [-0.05, 0) is 56.7 Å². The van der Waals surface area contributed by atoms with E-state index in [4.69, 9.17) is 14.0 Å². The molecule has 0 saturated heterocycles. The standard InChI is InChI=1S/C25H29N3O7S/c1-25(2,3)34-24(31)28-19-7-5-15(13-26-9-10-29)11-16(19)12-20(28)17-6-8-21(35-36(4,32)33)18-14-27-23(30)22(17)18/h5-8,11-12,26,29H,9-10,13-14H2,1-4H3,(H,27,30). The molecule has 3 N–H and O–H groups in total. The number of aromatic nitrogens is 1. The minimum atomic E-state index is -3.81. The fourth-order valence-electron chi connectivity index (χ4n) is 4.16. The zero-order valence-electron chi connectivity index (χ0n) is 20.5. The zero-order chi connectivity index (χ0) is 26.3. The molecule has 2 aromatic carbocycles. The summed E-state index contributed by atoms with van der Waals surface area (Å²) in [4.78, 5) is 26.2. The minimum absolute atomic E-state index is 0.0215. The highest BCUT2D eigenvalue weighted by Crippen LogP contribution is 2.38. The van der Waals surface area contributed by atoms with E-state index in [0.717, 1.165) is 17.2 Å². The van der Waals surface area contributed by atoms with Crippen LogP contribution in [-0.4, -0.2) is 55.1 Å². The van der Waals surface area contributed by atoms with E-state index < -0.39 is 27.7 Å². The number of fused-ring (bicyclic) bond motifs is 2. The number of carbonyl (C=O) groups excluding carboxylic acids is 2. The van der Waals surface area contributed by atoms with E-state index in [1.165, 1.54) is 10.6 Å². The van der Waals surface area contributed by atoms with E-state index in [2.05, 4.69) is 10.6 Å². The SMILES string of the molecule is CC(C)(C)OC(=O)n1c(-c2ccc(OS(C)(=O)=O)c3c2C(=O)NC3)cc2cc(CNCCO)ccc21. The molecule has 1 aromatic heterocycles. The Labute approximate surface area is 209 Å². The van der Waals surface area contributed by atoms with Crippen LogP contribution in [0.3, 0.4) is 0 Å². The van der Waals surface area contributed by atoms with Gasteiger partial charge in [0, 0.05) is 36.1 Å². The number of hydrogen-bond donors (Lipinski definition) is 3. The van der Waals surface area contributed by atoms with Gasteiger partial charge in [0.1, 0.15) is 11.4 Å². The molecule has 3 aromatic rings. The molecule has 11 heteroatoms. The zero-order valence-corrected chi connectivity index (χ0v) is 21.4. The van der Waals surface area contributed by atoms with Crippen LogP contribution >= 0.6 is 0 Å². The number of nitrogens with one attached hydrogen (secondary N) is 2. The number of rotatable bonds is 7. The minimum Gasteiger partial charge on any atom is -0.443 e. The molecule has 0 aliphatic carbocycles. The second-order valence-electron chi connectivity index (χ2n) is 9.57. The van der Waals surface area contributed by atoms with Crippen LogP contribution in [0.25, 0.3) is 22.2 Å². The Hall–Kier alpha value is -3.41. The lowest BCUT2D eigenvalue weighted by Gasteiger charge is -2.21. The third kappa shape index (κ3) is 5.38. The maximum Gasteiger partial charge on any atom is 0.419 e. The van der Waals surface area contributed by atoms with Gasteiger partial charge in [0.25, 0.3) is 5.91 Å². The van der Waals surface area contributed by atoms with E-state index in [9.17, 15) is 18.0 Å². The molecule has 0 spiro atoms. The quantitative estimate of drug-likeness (QED) is 0.323. The van der Waals surface area contributed by atoms with Crippen molar-refractivity contribution in [3.8, 4) is 17.0 Å². The summed E-state index contributed by atoms with van der Waals surface area (Å²) in [5, 5.41) is 15.6. The number of aliphatic hydroxyl groups excluding tert-OH is 1. The third-order valence-electron chi connectivity index (χ3n) is 5.50. The molecule has 0 unspecified atom stereocenters. The van der Waals surface area contributed by atoms with Crippen LogP contribution in [0.15, 0.2) is 36.4 Å². The Morgan fingerprint density at radius 1 is 1.19 bits per heavy atom. The summed E-state index contributed by atoms with van der Waals surface area (Å²) in [6, 6.07) is 10.5. The molecule has 1 amide bonds. The van der Waals surface area contributed by atoms with Crippen LogP contribution in [0, 0.1) is 0 Å². The number of ether oxygens (including phenoxy) is 1. The van der Waals surface area contributed by atoms with Crippen molar-refractivity contribution in [2.24, 2.45) is 0 Å². The van der Waals surface area contributed by atoms with Crippen LogP contribution in [-0.2, 0) is 27.9 Å². The van der Waals surface area contributed by atoms with Gasteiger partial charge in [-0.3, -0.25) is 4.79 Å². The van der Waals surface area contributed by atoms with Gasteiger partial charge in [-0.2, -0.15) is 8.42 Å². The third-order valence-corrected chi connectivity index (χ3v) is 5.98. The van der Waals surface area contributed by atoms with Crippen LogP contribution in [0.5, 0.6) is 5.75 Å². The van der Waals surface area contributed by atoms with Gasteiger partial charge in [0.05, 0.1) is 29.6 Å². The van der Waals surface area contributed by atoms with Gasteiger partial charge in [-0.1, -0.05) is 6.07 Å². The second kappa shape index (κ2) is 9.57. The molecule has 0 radical (unpaired) electrons. The van der Waals surface area contributed by atoms with Crippen molar-refractivity contribution in [3.05, 3.63) is 53.1 Å². The van der Waals surface area contributed by atoms with Gasteiger partial charge in [0.15, 0.2) is 0 Å². The van der Waals surface area contributed by atoms with Gasteiger partial charge < -0.3 is 24.7 Å². The van der Waals surface area contributed by atoms with Gasteiger partial charge in [-0.25, -0.2) is 9.36 Å². The number of benzene rings is 2. The van der Waals surface area contributed by atoms with Crippen molar-refractivity contribution in [1.82, 2.24) is 15.2 Å². The Morgan fingerprint density at radius 3 is 2.61 bits per heavy atom. The van der Waals surface area contributed by atoms with Crippen molar-refractivity contribution in [1.29, 1.82) is 0 Å². The summed E-state index contributed by atoms with van der Waals surface area (Å²) in [6.45, 7) is 6.40. The number of carbonyl (C=O) groups is 2. The highest BCUT2D eigenvalue weighted by Gasteiger charge is 2.31. The second-order valence-corrected chi connectivity index (χ2v) is 11.1. The van der Waals surface area contributed by atoms with Crippen LogP contribution in [0.1, 0.15) is 42.3 Å². The molecule has 4 rings (SSSR count). The fourth-order valence-corrected chi connectivity index (χ4v) is 4.65. The Balaban J connectivity index is 1.91. The topological polar surface area (TPSA) is 136 Å². The lowest BCUT2D eigenvalue weighted by atomic mass is 9.99. The van der Waals surface area contributed by atoms with E-state index in [0.29, 0.717) is 35.4 Å². The number of aliphatic hydroxyl groups is 1. The summed E-state index contributed by atoms with van der Waals surface area (Å²) < 4.78 is 35.7. The highest BCUT2D eigenvalue weighted by atomic mass is 32.2. The molecule has 36 heavy (non-hydrogen) atoms. The lowest BCUT2D eigenvalue weighted by molar-refractivity contribution is 0.0547. The van der Waals surface area contributed by atoms with E-state index in [-0.39, 0.29) is 24.5 Å². The van der Waals surface area contributed by atoms with Gasteiger partial charge in [0.2, 0.25) is 0 Å². The van der Waals surface area contributed by atoms with Crippen molar-refractivity contribution in [3.63, 3.8) is 0 Å². The molecule has 1 aliphatic heterocycles. The molecule has 0 saturated carbocycles. The maximum absolute atomic E-state index is 13.4. The van der Waals surface area contributed by atoms with Crippen LogP contribution in [0.4, 0.5) is 4.79 Å². The Kier molecular flexibility index (Phi) is 6.82. The van der Waals surface area contributed by atoms with E-state index in [1.807, 2.05) is 12.1 Å². The first-order chi connectivity index (χ1) is 16.9. The van der Waals surface area contributed by atoms with E-state index in [1.54, 1.807) is 39.0 Å². The fraction of sp³-hybridized carbons (Fsp3) is 0.360. The summed E-state index contributed by atoms with van der Waals surface area (Å²) in [6.07, 6.45) is 0.326. The number of hydrogen-bond acceptors (Lipinski definition) is 8. The maximum atomic E-state index is 13.4. The highest BCUT2D eigenvalue weighted by molar-refractivity contribution is 7.86. The first kappa shape index (κ1) is 25.7. The van der Waals surface area contributed by atoms with Crippen molar-refractivity contribution in [2.75, 3.05) is 19.4 Å². The predicted molar refractivity (Wildman–Crippen MR) is 134 cm³/mol. The molecule has 10 nitrogen and oxygen atoms in total.